The Morgan fingerprint density at radius 2 is 1.93 bits per heavy atom. The van der Waals surface area contributed by atoms with Gasteiger partial charge in [-0.15, -0.1) is 0 Å². The quantitative estimate of drug-likeness (QED) is 0.686. The summed E-state index contributed by atoms with van der Waals surface area (Å²) in [6.07, 6.45) is 0.602. The fourth-order valence-corrected chi connectivity index (χ4v) is 3.81. The zero-order chi connectivity index (χ0) is 21.3. The van der Waals surface area contributed by atoms with Crippen LogP contribution in [-0.2, 0) is 16.0 Å². The largest absolute Gasteiger partial charge is 0.487 e. The number of nitrogens with one attached hydrogen (secondary N) is 2. The van der Waals surface area contributed by atoms with Gasteiger partial charge in [-0.2, -0.15) is 0 Å². The summed E-state index contributed by atoms with van der Waals surface area (Å²) >= 11 is 0. The van der Waals surface area contributed by atoms with Crippen LogP contribution >= 0.6 is 0 Å². The highest BCUT2D eigenvalue weighted by atomic mass is 16.5. The van der Waals surface area contributed by atoms with Crippen LogP contribution in [0.2, 0.25) is 0 Å². The third-order valence-corrected chi connectivity index (χ3v) is 5.21. The number of aryl methyl sites for hydroxylation is 2. The minimum absolute atomic E-state index is 0.0238. The number of amides is 2. The molecule has 2 aromatic carbocycles. The van der Waals surface area contributed by atoms with Crippen LogP contribution in [0.15, 0.2) is 42.5 Å². The number of rotatable bonds is 5. The highest BCUT2D eigenvalue weighted by Crippen LogP contribution is 2.40. The van der Waals surface area contributed by atoms with E-state index in [1.165, 1.54) is 12.5 Å². The van der Waals surface area contributed by atoms with Crippen molar-refractivity contribution in [2.24, 2.45) is 0 Å². The molecule has 3 aromatic rings. The molecule has 30 heavy (non-hydrogen) atoms. The van der Waals surface area contributed by atoms with Crippen molar-refractivity contribution in [3.05, 3.63) is 59.3 Å². The molecule has 0 aliphatic carbocycles. The Kier molecular flexibility index (Phi) is 5.40. The SMILES string of the molecule is CC(=O)NCC(=O)NC[C@@H]1Cc2cc(C)cc(-c3ccc4nc(C)ccc4c3)c2O1. The van der Waals surface area contributed by atoms with Gasteiger partial charge in [0.05, 0.1) is 18.6 Å². The number of carbonyl (C=O) groups excluding carboxylic acids is 2. The molecule has 0 bridgehead atoms. The maximum Gasteiger partial charge on any atom is 0.239 e. The van der Waals surface area contributed by atoms with Gasteiger partial charge in [-0.3, -0.25) is 14.6 Å². The molecule has 2 heterocycles. The Labute approximate surface area is 175 Å². The lowest BCUT2D eigenvalue weighted by Crippen LogP contribution is -2.40. The predicted octanol–water partition coefficient (Wildman–Crippen LogP) is 3.07. The Hall–Kier alpha value is -3.41. The first-order valence-corrected chi connectivity index (χ1v) is 10.1. The Morgan fingerprint density at radius 1 is 1.10 bits per heavy atom. The molecular weight excluding hydrogens is 378 g/mol. The molecule has 2 N–H and O–H groups in total. The van der Waals surface area contributed by atoms with Gasteiger partial charge in [0, 0.05) is 30.0 Å². The molecule has 0 saturated heterocycles. The molecule has 0 fully saturated rings. The summed E-state index contributed by atoms with van der Waals surface area (Å²) in [5, 5.41) is 6.42. The highest BCUT2D eigenvalue weighted by Gasteiger charge is 2.26. The molecule has 1 aliphatic heterocycles. The Bertz CT molecular complexity index is 1140. The fraction of sp³-hybridized carbons (Fsp3) is 0.292. The predicted molar refractivity (Wildman–Crippen MR) is 116 cm³/mol. The molecule has 0 saturated carbocycles. The van der Waals surface area contributed by atoms with E-state index in [0.29, 0.717) is 6.54 Å². The normalized spacial score (nSPS) is 14.8. The summed E-state index contributed by atoms with van der Waals surface area (Å²) in [6.45, 7) is 5.83. The summed E-state index contributed by atoms with van der Waals surface area (Å²) in [6, 6.07) is 14.7. The van der Waals surface area contributed by atoms with Crippen molar-refractivity contribution in [3.63, 3.8) is 0 Å². The van der Waals surface area contributed by atoms with Crippen LogP contribution in [0.1, 0.15) is 23.7 Å². The third-order valence-electron chi connectivity index (χ3n) is 5.21. The second-order valence-corrected chi connectivity index (χ2v) is 7.82. The van der Waals surface area contributed by atoms with Crippen LogP contribution in [-0.4, -0.2) is 36.0 Å². The van der Waals surface area contributed by atoms with Crippen molar-refractivity contribution in [2.45, 2.75) is 33.3 Å². The van der Waals surface area contributed by atoms with Crippen LogP contribution in [0.25, 0.3) is 22.0 Å². The molecule has 4 rings (SSSR count). The summed E-state index contributed by atoms with van der Waals surface area (Å²) < 4.78 is 6.24. The van der Waals surface area contributed by atoms with E-state index in [2.05, 4.69) is 52.9 Å². The molecule has 1 atom stereocenters. The van der Waals surface area contributed by atoms with Gasteiger partial charge in [-0.25, -0.2) is 0 Å². The number of carbonyl (C=O) groups is 2. The molecule has 154 valence electrons. The fourth-order valence-electron chi connectivity index (χ4n) is 3.81. The van der Waals surface area contributed by atoms with Crippen molar-refractivity contribution in [3.8, 4) is 16.9 Å². The summed E-state index contributed by atoms with van der Waals surface area (Å²) in [5.74, 6) is 0.426. The molecule has 1 aromatic heterocycles. The van der Waals surface area contributed by atoms with E-state index in [9.17, 15) is 9.59 Å². The van der Waals surface area contributed by atoms with Crippen LogP contribution in [0.5, 0.6) is 5.75 Å². The van der Waals surface area contributed by atoms with E-state index in [-0.39, 0.29) is 24.5 Å². The molecule has 0 radical (unpaired) electrons. The van der Waals surface area contributed by atoms with E-state index in [0.717, 1.165) is 45.5 Å². The molecule has 6 nitrogen and oxygen atoms in total. The smallest absolute Gasteiger partial charge is 0.239 e. The van der Waals surface area contributed by atoms with E-state index < -0.39 is 0 Å². The van der Waals surface area contributed by atoms with Gasteiger partial charge in [0.1, 0.15) is 11.9 Å². The maximum absolute atomic E-state index is 11.9. The van der Waals surface area contributed by atoms with Crippen LogP contribution in [0.3, 0.4) is 0 Å². The van der Waals surface area contributed by atoms with Gasteiger partial charge in [0.25, 0.3) is 0 Å². The number of hydrogen-bond donors (Lipinski definition) is 2. The average molecular weight is 403 g/mol. The van der Waals surface area contributed by atoms with E-state index in [1.54, 1.807) is 0 Å². The average Bonchev–Trinajstić information content (AvgIpc) is 3.12. The van der Waals surface area contributed by atoms with Gasteiger partial charge in [-0.05, 0) is 54.8 Å². The van der Waals surface area contributed by atoms with Crippen molar-refractivity contribution in [1.29, 1.82) is 0 Å². The maximum atomic E-state index is 11.9. The van der Waals surface area contributed by atoms with Gasteiger partial charge >= 0.3 is 0 Å². The second kappa shape index (κ2) is 8.14. The standard InChI is InChI=1S/C24H25N3O3/c1-14-8-19-11-20(12-26-23(29)13-25-16(3)28)30-24(19)21(9-14)17-6-7-22-18(10-17)5-4-15(2)27-22/h4-10,20H,11-13H2,1-3H3,(H,25,28)(H,26,29)/t20-/m0/s1. The van der Waals surface area contributed by atoms with E-state index >= 15 is 0 Å². The lowest BCUT2D eigenvalue weighted by molar-refractivity contribution is -0.125. The molecule has 1 aliphatic rings. The van der Waals surface area contributed by atoms with Gasteiger partial charge in [0.2, 0.25) is 11.8 Å². The molecular formula is C24H25N3O3. The monoisotopic (exact) mass is 403 g/mol. The number of nitrogens with zero attached hydrogens (tertiary/aromatic N) is 1. The van der Waals surface area contributed by atoms with Gasteiger partial charge in [-0.1, -0.05) is 18.2 Å². The van der Waals surface area contributed by atoms with Crippen LogP contribution < -0.4 is 15.4 Å². The minimum Gasteiger partial charge on any atom is -0.487 e. The van der Waals surface area contributed by atoms with E-state index in [1.807, 2.05) is 19.1 Å². The lowest BCUT2D eigenvalue weighted by Gasteiger charge is -2.14. The molecule has 0 spiro atoms. The zero-order valence-corrected chi connectivity index (χ0v) is 17.4. The summed E-state index contributed by atoms with van der Waals surface area (Å²) in [7, 11) is 0. The first kappa shape index (κ1) is 19.9. The van der Waals surface area contributed by atoms with E-state index in [4.69, 9.17) is 4.74 Å². The number of ether oxygens (including phenoxy) is 1. The Balaban J connectivity index is 1.54. The highest BCUT2D eigenvalue weighted by molar-refractivity contribution is 5.87. The minimum atomic E-state index is -0.226. The van der Waals surface area contributed by atoms with Crippen molar-refractivity contribution in [2.75, 3.05) is 13.1 Å². The number of benzene rings is 2. The first-order valence-electron chi connectivity index (χ1n) is 10.1. The topological polar surface area (TPSA) is 80.3 Å². The number of aromatic nitrogens is 1. The lowest BCUT2D eigenvalue weighted by atomic mass is 9.97. The molecule has 6 heteroatoms. The van der Waals surface area contributed by atoms with Gasteiger partial charge in [0.15, 0.2) is 0 Å². The first-order chi connectivity index (χ1) is 14.4. The number of hydrogen-bond acceptors (Lipinski definition) is 4. The number of fused-ring (bicyclic) bond motifs is 2. The summed E-state index contributed by atoms with van der Waals surface area (Å²) in [4.78, 5) is 27.4. The number of pyridine rings is 1. The third kappa shape index (κ3) is 4.27. The van der Waals surface area contributed by atoms with Crippen LogP contribution in [0, 0.1) is 13.8 Å². The van der Waals surface area contributed by atoms with Crippen molar-refractivity contribution < 1.29 is 14.3 Å². The second-order valence-electron chi connectivity index (χ2n) is 7.82. The van der Waals surface area contributed by atoms with Crippen molar-refractivity contribution in [1.82, 2.24) is 15.6 Å². The van der Waals surface area contributed by atoms with Crippen LogP contribution in [0.4, 0.5) is 0 Å². The zero-order valence-electron chi connectivity index (χ0n) is 17.4. The molecule has 0 unspecified atom stereocenters. The molecule has 2 amide bonds. The summed E-state index contributed by atoms with van der Waals surface area (Å²) in [5.41, 5.74) is 6.43. The van der Waals surface area contributed by atoms with Gasteiger partial charge < -0.3 is 15.4 Å². The van der Waals surface area contributed by atoms with Crippen molar-refractivity contribution >= 4 is 22.7 Å². The Morgan fingerprint density at radius 3 is 2.73 bits per heavy atom.